The number of methoxy groups -OCH3 is 1. The number of para-hydroxylation sites is 2. The summed E-state index contributed by atoms with van der Waals surface area (Å²) in [4.78, 5) is 6.99. The van der Waals surface area contributed by atoms with Gasteiger partial charge in [0.25, 0.3) is 0 Å². The second-order valence-electron chi connectivity index (χ2n) is 6.30. The Balaban J connectivity index is 0.00000261. The van der Waals surface area contributed by atoms with Crippen LogP contribution in [0, 0.1) is 0 Å². The molecule has 1 saturated heterocycles. The largest absolute Gasteiger partial charge is 0.495 e. The van der Waals surface area contributed by atoms with Crippen molar-refractivity contribution in [2.45, 2.75) is 25.9 Å². The molecule has 0 spiro atoms. The number of aryl methyl sites for hydroxylation is 1. The fourth-order valence-electron chi connectivity index (χ4n) is 3.10. The van der Waals surface area contributed by atoms with E-state index in [1.54, 1.807) is 13.4 Å². The van der Waals surface area contributed by atoms with Gasteiger partial charge in [0.05, 0.1) is 12.8 Å². The van der Waals surface area contributed by atoms with Crippen LogP contribution in [-0.4, -0.2) is 53.5 Å². The molecule has 2 N–H and O–H groups in total. The number of benzene rings is 1. The molecule has 1 aliphatic rings. The highest BCUT2D eigenvalue weighted by atomic mass is 127. The smallest absolute Gasteiger partial charge is 0.191 e. The Morgan fingerprint density at radius 1 is 1.37 bits per heavy atom. The lowest BCUT2D eigenvalue weighted by Crippen LogP contribution is -2.44. The van der Waals surface area contributed by atoms with Gasteiger partial charge in [-0.25, -0.2) is 4.99 Å². The molecule has 8 nitrogen and oxygen atoms in total. The van der Waals surface area contributed by atoms with Crippen LogP contribution >= 0.6 is 24.0 Å². The quantitative estimate of drug-likeness (QED) is 0.369. The second kappa shape index (κ2) is 10.3. The predicted molar refractivity (Wildman–Crippen MR) is 118 cm³/mol. The number of ether oxygens (including phenoxy) is 1. The average Bonchev–Trinajstić information content (AvgIpc) is 3.29. The molecule has 2 heterocycles. The van der Waals surface area contributed by atoms with E-state index in [2.05, 4.69) is 43.7 Å². The monoisotopic (exact) mass is 485 g/mol. The van der Waals surface area contributed by atoms with Crippen molar-refractivity contribution in [1.82, 2.24) is 25.4 Å². The first-order chi connectivity index (χ1) is 12.7. The molecule has 0 amide bonds. The zero-order valence-corrected chi connectivity index (χ0v) is 18.4. The van der Waals surface area contributed by atoms with Crippen molar-refractivity contribution < 1.29 is 4.74 Å². The van der Waals surface area contributed by atoms with Crippen LogP contribution in [0.2, 0.25) is 0 Å². The fourth-order valence-corrected chi connectivity index (χ4v) is 3.10. The number of guanidine groups is 1. The summed E-state index contributed by atoms with van der Waals surface area (Å²) in [5.41, 5.74) is 1.14. The van der Waals surface area contributed by atoms with E-state index in [0.717, 1.165) is 49.3 Å². The van der Waals surface area contributed by atoms with Crippen LogP contribution in [0.3, 0.4) is 0 Å². The number of aliphatic imine (C=N–C) groups is 1. The third-order valence-electron chi connectivity index (χ3n) is 4.48. The summed E-state index contributed by atoms with van der Waals surface area (Å²) in [6.45, 7) is 5.27. The van der Waals surface area contributed by atoms with Gasteiger partial charge in [0.2, 0.25) is 0 Å². The molecule has 1 aromatic carbocycles. The third-order valence-corrected chi connectivity index (χ3v) is 4.48. The van der Waals surface area contributed by atoms with E-state index in [1.807, 2.05) is 29.8 Å². The maximum atomic E-state index is 5.49. The zero-order chi connectivity index (χ0) is 18.4. The number of nitrogens with zero attached hydrogens (tertiary/aromatic N) is 5. The minimum absolute atomic E-state index is 0. The van der Waals surface area contributed by atoms with Crippen LogP contribution in [0.15, 0.2) is 35.6 Å². The highest BCUT2D eigenvalue weighted by Crippen LogP contribution is 2.30. The Bertz CT molecular complexity index is 749. The van der Waals surface area contributed by atoms with Crippen molar-refractivity contribution in [3.05, 3.63) is 36.4 Å². The zero-order valence-electron chi connectivity index (χ0n) is 16.1. The molecule has 9 heteroatoms. The summed E-state index contributed by atoms with van der Waals surface area (Å²) in [5.74, 6) is 2.56. The van der Waals surface area contributed by atoms with Crippen molar-refractivity contribution in [2.24, 2.45) is 12.0 Å². The van der Waals surface area contributed by atoms with Gasteiger partial charge >= 0.3 is 0 Å². The van der Waals surface area contributed by atoms with Crippen molar-refractivity contribution in [2.75, 3.05) is 31.6 Å². The molecule has 0 aliphatic carbocycles. The van der Waals surface area contributed by atoms with Gasteiger partial charge in [-0.05, 0) is 25.5 Å². The van der Waals surface area contributed by atoms with Crippen LogP contribution in [-0.2, 0) is 13.6 Å². The third kappa shape index (κ3) is 5.47. The first kappa shape index (κ1) is 21.3. The molecule has 148 valence electrons. The summed E-state index contributed by atoms with van der Waals surface area (Å²) in [6, 6.07) is 8.48. The van der Waals surface area contributed by atoms with Crippen molar-refractivity contribution in [3.63, 3.8) is 0 Å². The number of hydrogen-bond acceptors (Lipinski definition) is 5. The van der Waals surface area contributed by atoms with Crippen LogP contribution < -0.4 is 20.3 Å². The normalized spacial score (nSPS) is 16.8. The first-order valence-corrected chi connectivity index (χ1v) is 8.97. The lowest BCUT2D eigenvalue weighted by Gasteiger charge is -2.22. The Morgan fingerprint density at radius 3 is 2.89 bits per heavy atom. The molecule has 1 aliphatic heterocycles. The summed E-state index contributed by atoms with van der Waals surface area (Å²) in [6.07, 6.45) is 2.74. The molecule has 0 bridgehead atoms. The van der Waals surface area contributed by atoms with Crippen molar-refractivity contribution in [1.29, 1.82) is 0 Å². The Kier molecular flexibility index (Phi) is 8.14. The van der Waals surface area contributed by atoms with E-state index in [1.165, 1.54) is 0 Å². The number of aromatic nitrogens is 3. The van der Waals surface area contributed by atoms with Crippen molar-refractivity contribution >= 4 is 35.6 Å². The highest BCUT2D eigenvalue weighted by Gasteiger charge is 2.25. The van der Waals surface area contributed by atoms with Gasteiger partial charge < -0.3 is 24.8 Å². The summed E-state index contributed by atoms with van der Waals surface area (Å²) in [7, 11) is 3.64. The van der Waals surface area contributed by atoms with Gasteiger partial charge in [-0.1, -0.05) is 12.1 Å². The van der Waals surface area contributed by atoms with E-state index in [4.69, 9.17) is 4.74 Å². The van der Waals surface area contributed by atoms with Crippen LogP contribution in [0.4, 0.5) is 5.69 Å². The molecular formula is C18H28IN7O. The van der Waals surface area contributed by atoms with Crippen molar-refractivity contribution in [3.8, 4) is 5.75 Å². The summed E-state index contributed by atoms with van der Waals surface area (Å²) in [5, 5.41) is 14.8. The summed E-state index contributed by atoms with van der Waals surface area (Å²) >= 11 is 0. The Labute approximate surface area is 177 Å². The minimum atomic E-state index is 0. The second-order valence-corrected chi connectivity index (χ2v) is 6.30. The molecule has 27 heavy (non-hydrogen) atoms. The molecule has 2 aromatic rings. The summed E-state index contributed by atoms with van der Waals surface area (Å²) < 4.78 is 7.37. The molecule has 1 aromatic heterocycles. The molecule has 3 rings (SSSR count). The fraction of sp³-hybridized carbons (Fsp3) is 0.500. The number of nitrogens with one attached hydrogen (secondary N) is 2. The van der Waals surface area contributed by atoms with Crippen LogP contribution in [0.1, 0.15) is 19.2 Å². The predicted octanol–water partition coefficient (Wildman–Crippen LogP) is 1.78. The lowest BCUT2D eigenvalue weighted by atomic mass is 10.2. The molecule has 0 saturated carbocycles. The number of halogens is 1. The Morgan fingerprint density at radius 2 is 2.19 bits per heavy atom. The number of anilines is 1. The van der Waals surface area contributed by atoms with E-state index in [0.29, 0.717) is 12.6 Å². The van der Waals surface area contributed by atoms with E-state index >= 15 is 0 Å². The lowest BCUT2D eigenvalue weighted by molar-refractivity contribution is 0.415. The minimum Gasteiger partial charge on any atom is -0.495 e. The van der Waals surface area contributed by atoms with Gasteiger partial charge in [-0.15, -0.1) is 34.2 Å². The van der Waals surface area contributed by atoms with Gasteiger partial charge in [0, 0.05) is 32.7 Å². The van der Waals surface area contributed by atoms with E-state index in [9.17, 15) is 0 Å². The maximum absolute atomic E-state index is 5.49. The molecule has 1 unspecified atom stereocenters. The first-order valence-electron chi connectivity index (χ1n) is 8.97. The highest BCUT2D eigenvalue weighted by molar-refractivity contribution is 14.0. The van der Waals surface area contributed by atoms with Gasteiger partial charge in [-0.2, -0.15) is 0 Å². The maximum Gasteiger partial charge on any atom is 0.191 e. The Hall–Kier alpha value is -2.04. The van der Waals surface area contributed by atoms with Gasteiger partial charge in [0.15, 0.2) is 11.8 Å². The SMILES string of the molecule is CCNC(=NCc1nncn1C)NC1CCN(c2ccccc2OC)C1.I. The molecule has 0 radical (unpaired) electrons. The number of rotatable bonds is 6. The molecular weight excluding hydrogens is 457 g/mol. The average molecular weight is 485 g/mol. The van der Waals surface area contributed by atoms with Crippen LogP contribution in [0.5, 0.6) is 5.75 Å². The van der Waals surface area contributed by atoms with Gasteiger partial charge in [0.1, 0.15) is 18.6 Å². The molecule has 1 fully saturated rings. The molecule has 1 atom stereocenters. The number of hydrogen-bond donors (Lipinski definition) is 2. The van der Waals surface area contributed by atoms with E-state index < -0.39 is 0 Å². The van der Waals surface area contributed by atoms with E-state index in [-0.39, 0.29) is 24.0 Å². The van der Waals surface area contributed by atoms with Crippen LogP contribution in [0.25, 0.3) is 0 Å². The van der Waals surface area contributed by atoms with Gasteiger partial charge in [-0.3, -0.25) is 0 Å². The standard InChI is InChI=1S/C18H27N7O.HI/c1-4-19-18(20-11-17-23-21-13-24(17)2)22-14-9-10-25(12-14)15-7-5-6-8-16(15)26-3;/h5-8,13-14H,4,9-12H2,1-3H3,(H2,19,20,22);1H. The topological polar surface area (TPSA) is 79.6 Å².